The van der Waals surface area contributed by atoms with E-state index in [0.29, 0.717) is 18.1 Å². The van der Waals surface area contributed by atoms with Crippen molar-refractivity contribution < 1.29 is 9.59 Å². The minimum atomic E-state index is -0.592. The van der Waals surface area contributed by atoms with E-state index >= 15 is 0 Å². The van der Waals surface area contributed by atoms with Crippen LogP contribution in [0.1, 0.15) is 26.3 Å². The zero-order valence-corrected chi connectivity index (χ0v) is 14.0. The second-order valence-corrected chi connectivity index (χ2v) is 7.30. The second-order valence-electron chi connectivity index (χ2n) is 6.86. The van der Waals surface area contributed by atoms with E-state index in [1.807, 2.05) is 24.3 Å². The van der Waals surface area contributed by atoms with Gasteiger partial charge in [0, 0.05) is 24.0 Å². The van der Waals surface area contributed by atoms with Gasteiger partial charge in [-0.15, -0.1) is 0 Å². The van der Waals surface area contributed by atoms with E-state index in [-0.39, 0.29) is 23.1 Å². The number of halogens is 1. The Balaban J connectivity index is 1.91. The van der Waals surface area contributed by atoms with E-state index in [9.17, 15) is 9.59 Å². The fourth-order valence-electron chi connectivity index (χ4n) is 2.82. The van der Waals surface area contributed by atoms with Gasteiger partial charge in [-0.2, -0.15) is 0 Å². The van der Waals surface area contributed by atoms with Gasteiger partial charge in [0.25, 0.3) is 0 Å². The van der Waals surface area contributed by atoms with Crippen LogP contribution in [0, 0.1) is 17.3 Å². The SMILES string of the molecule is CC(C)(C)[C@@H]1CNC(=O)[C@H]1C(=O)NCCc1ccc(Cl)cc1. The van der Waals surface area contributed by atoms with Crippen molar-refractivity contribution in [3.63, 3.8) is 0 Å². The first-order chi connectivity index (χ1) is 10.3. The molecule has 4 nitrogen and oxygen atoms in total. The van der Waals surface area contributed by atoms with Crippen LogP contribution in [0.4, 0.5) is 0 Å². The molecule has 0 radical (unpaired) electrons. The molecule has 1 aliphatic rings. The molecule has 0 bridgehead atoms. The first-order valence-electron chi connectivity index (χ1n) is 7.59. The van der Waals surface area contributed by atoms with Gasteiger partial charge in [0.05, 0.1) is 0 Å². The third kappa shape index (κ3) is 4.01. The fourth-order valence-corrected chi connectivity index (χ4v) is 2.95. The van der Waals surface area contributed by atoms with Crippen LogP contribution in [0.5, 0.6) is 0 Å². The van der Waals surface area contributed by atoms with Crippen molar-refractivity contribution in [2.75, 3.05) is 13.1 Å². The minimum absolute atomic E-state index is 0.0236. The highest BCUT2D eigenvalue weighted by Gasteiger charge is 2.45. The molecule has 120 valence electrons. The van der Waals surface area contributed by atoms with Gasteiger partial charge < -0.3 is 10.6 Å². The molecule has 0 aromatic heterocycles. The Kier molecular flexibility index (Phi) is 5.12. The molecule has 0 spiro atoms. The number of rotatable bonds is 4. The quantitative estimate of drug-likeness (QED) is 0.836. The molecule has 2 rings (SSSR count). The maximum Gasteiger partial charge on any atom is 0.232 e. The summed E-state index contributed by atoms with van der Waals surface area (Å²) in [5, 5.41) is 6.39. The monoisotopic (exact) mass is 322 g/mol. The summed E-state index contributed by atoms with van der Waals surface area (Å²) in [6, 6.07) is 7.54. The molecule has 2 atom stereocenters. The molecule has 1 heterocycles. The van der Waals surface area contributed by atoms with Gasteiger partial charge >= 0.3 is 0 Å². The summed E-state index contributed by atoms with van der Waals surface area (Å²) >= 11 is 5.84. The predicted octanol–water partition coefficient (Wildman–Crippen LogP) is 2.41. The summed E-state index contributed by atoms with van der Waals surface area (Å²) in [7, 11) is 0. The van der Waals surface area contributed by atoms with Gasteiger partial charge in [0.2, 0.25) is 11.8 Å². The van der Waals surface area contributed by atoms with Crippen LogP contribution in [0.2, 0.25) is 5.02 Å². The third-order valence-corrected chi connectivity index (χ3v) is 4.45. The Morgan fingerprint density at radius 2 is 1.95 bits per heavy atom. The molecule has 2 amide bonds. The van der Waals surface area contributed by atoms with Crippen molar-refractivity contribution in [2.45, 2.75) is 27.2 Å². The maximum absolute atomic E-state index is 12.4. The molecule has 22 heavy (non-hydrogen) atoms. The molecule has 0 aliphatic carbocycles. The Hall–Kier alpha value is -1.55. The first-order valence-corrected chi connectivity index (χ1v) is 7.96. The lowest BCUT2D eigenvalue weighted by molar-refractivity contribution is -0.135. The van der Waals surface area contributed by atoms with Gasteiger partial charge in [-0.25, -0.2) is 0 Å². The van der Waals surface area contributed by atoms with E-state index in [1.54, 1.807) is 0 Å². The van der Waals surface area contributed by atoms with Gasteiger partial charge in [0.15, 0.2) is 0 Å². The number of nitrogens with one attached hydrogen (secondary N) is 2. The number of carbonyl (C=O) groups is 2. The lowest BCUT2D eigenvalue weighted by Crippen LogP contribution is -2.41. The van der Waals surface area contributed by atoms with E-state index in [1.165, 1.54) is 0 Å². The third-order valence-electron chi connectivity index (χ3n) is 4.20. The first kappa shape index (κ1) is 16.8. The largest absolute Gasteiger partial charge is 0.355 e. The minimum Gasteiger partial charge on any atom is -0.355 e. The fraction of sp³-hybridized carbons (Fsp3) is 0.529. The Morgan fingerprint density at radius 3 is 2.55 bits per heavy atom. The van der Waals surface area contributed by atoms with E-state index < -0.39 is 5.92 Å². The zero-order valence-electron chi connectivity index (χ0n) is 13.3. The van der Waals surface area contributed by atoms with Crippen molar-refractivity contribution in [2.24, 2.45) is 17.3 Å². The summed E-state index contributed by atoms with van der Waals surface area (Å²) in [6.07, 6.45) is 0.720. The van der Waals surface area contributed by atoms with E-state index in [0.717, 1.165) is 12.0 Å². The van der Waals surface area contributed by atoms with E-state index in [4.69, 9.17) is 11.6 Å². The molecule has 1 aromatic rings. The van der Waals surface area contributed by atoms with Crippen molar-refractivity contribution in [1.29, 1.82) is 0 Å². The highest BCUT2D eigenvalue weighted by Crippen LogP contribution is 2.35. The molecule has 0 saturated carbocycles. The summed E-state index contributed by atoms with van der Waals surface area (Å²) in [4.78, 5) is 24.3. The number of amides is 2. The molecule has 1 fully saturated rings. The lowest BCUT2D eigenvalue weighted by atomic mass is 9.74. The molecule has 0 unspecified atom stereocenters. The second kappa shape index (κ2) is 6.69. The Morgan fingerprint density at radius 1 is 1.32 bits per heavy atom. The highest BCUT2D eigenvalue weighted by molar-refractivity contribution is 6.30. The van der Waals surface area contributed by atoms with Crippen molar-refractivity contribution in [3.05, 3.63) is 34.9 Å². The average molecular weight is 323 g/mol. The zero-order chi connectivity index (χ0) is 16.3. The smallest absolute Gasteiger partial charge is 0.232 e. The average Bonchev–Trinajstić information content (AvgIpc) is 2.83. The molecule has 1 saturated heterocycles. The summed E-state index contributed by atoms with van der Waals surface area (Å²) in [5.74, 6) is -0.909. The number of hydrogen-bond acceptors (Lipinski definition) is 2. The molecular formula is C17H23ClN2O2. The Bertz CT molecular complexity index is 549. The van der Waals surface area contributed by atoms with Crippen molar-refractivity contribution >= 4 is 23.4 Å². The predicted molar refractivity (Wildman–Crippen MR) is 87.6 cm³/mol. The normalized spacial score (nSPS) is 21.5. The van der Waals surface area contributed by atoms with Crippen LogP contribution in [0.15, 0.2) is 24.3 Å². The molecular weight excluding hydrogens is 300 g/mol. The van der Waals surface area contributed by atoms with Crippen LogP contribution in [-0.2, 0) is 16.0 Å². The van der Waals surface area contributed by atoms with Gasteiger partial charge in [-0.1, -0.05) is 44.5 Å². The van der Waals surface area contributed by atoms with Crippen LogP contribution < -0.4 is 10.6 Å². The molecule has 1 aromatic carbocycles. The van der Waals surface area contributed by atoms with E-state index in [2.05, 4.69) is 31.4 Å². The number of benzene rings is 1. The van der Waals surface area contributed by atoms with Crippen molar-refractivity contribution in [3.8, 4) is 0 Å². The summed E-state index contributed by atoms with van der Waals surface area (Å²) in [5.41, 5.74) is 1.02. The van der Waals surface area contributed by atoms with Gasteiger partial charge in [-0.05, 0) is 29.5 Å². The standard InChI is InChI=1S/C17H23ClN2O2/c1-17(2,3)13-10-20-16(22)14(13)15(21)19-9-8-11-4-6-12(18)7-5-11/h4-7,13-14H,8-10H2,1-3H3,(H,19,21)(H,20,22)/t13-,14-/m1/s1. The van der Waals surface area contributed by atoms with Crippen LogP contribution >= 0.6 is 11.6 Å². The molecule has 2 N–H and O–H groups in total. The Labute approximate surface area is 136 Å². The molecule has 1 aliphatic heterocycles. The molecule has 5 heteroatoms. The van der Waals surface area contributed by atoms with Crippen molar-refractivity contribution in [1.82, 2.24) is 10.6 Å². The van der Waals surface area contributed by atoms with Gasteiger partial charge in [-0.3, -0.25) is 9.59 Å². The van der Waals surface area contributed by atoms with Crippen LogP contribution in [0.25, 0.3) is 0 Å². The van der Waals surface area contributed by atoms with Gasteiger partial charge in [0.1, 0.15) is 5.92 Å². The topological polar surface area (TPSA) is 58.2 Å². The number of carbonyl (C=O) groups excluding carboxylic acids is 2. The summed E-state index contributed by atoms with van der Waals surface area (Å²) in [6.45, 7) is 7.27. The van der Waals surface area contributed by atoms with Crippen LogP contribution in [0.3, 0.4) is 0 Å². The summed E-state index contributed by atoms with van der Waals surface area (Å²) < 4.78 is 0. The van der Waals surface area contributed by atoms with Crippen LogP contribution in [-0.4, -0.2) is 24.9 Å². The maximum atomic E-state index is 12.4. The lowest BCUT2D eigenvalue weighted by Gasteiger charge is -2.29. The number of hydrogen-bond donors (Lipinski definition) is 2. The highest BCUT2D eigenvalue weighted by atomic mass is 35.5.